The summed E-state index contributed by atoms with van der Waals surface area (Å²) in [6, 6.07) is 80.0. The van der Waals surface area contributed by atoms with Crippen molar-refractivity contribution in [1.82, 2.24) is 4.48 Å². The van der Waals surface area contributed by atoms with E-state index in [1.54, 1.807) is 0 Å². The van der Waals surface area contributed by atoms with Gasteiger partial charge in [-0.25, -0.2) is 0 Å². The Kier molecular flexibility index (Phi) is 8.16. The van der Waals surface area contributed by atoms with Crippen molar-refractivity contribution < 1.29 is 0 Å². The maximum absolute atomic E-state index is 2.87. The Morgan fingerprint density at radius 3 is 1.68 bits per heavy atom. The molecule has 5 heteroatoms. The van der Waals surface area contributed by atoms with Gasteiger partial charge in [0.25, 0.3) is 0 Å². The molecular weight excluding hydrogens is 874 g/mol. The lowest BCUT2D eigenvalue weighted by Crippen LogP contribution is -2.77. The molecule has 0 aliphatic carbocycles. The van der Waals surface area contributed by atoms with Gasteiger partial charge in [0.05, 0.1) is 0 Å². The van der Waals surface area contributed by atoms with E-state index >= 15 is 0 Å². The molecule has 15 rings (SSSR count). The summed E-state index contributed by atoms with van der Waals surface area (Å²) in [7, 11) is -2.87. The SMILES string of the molecule is CC(C)(C)c1ccc(N(c2ccc(C(C)(C)C)cc2)c2cc3c4c(c2)N2c5ccccc5[Si]5(c6ccccc6-c6ccccc65)c5cccc(c52)B4n2c4ccc5ccccc5c4c4cccc-3c42)cc1. The van der Waals surface area contributed by atoms with Crippen molar-refractivity contribution in [2.75, 3.05) is 9.80 Å². The van der Waals surface area contributed by atoms with Crippen LogP contribution in [0.4, 0.5) is 34.1 Å². The van der Waals surface area contributed by atoms with Gasteiger partial charge in [-0.1, -0.05) is 199 Å². The molecule has 0 fully saturated rings. The molecule has 0 unspecified atom stereocenters. The Balaban J connectivity index is 1.09. The monoisotopic (exact) mass is 925 g/mol. The molecule has 3 nitrogen and oxygen atoms in total. The van der Waals surface area contributed by atoms with Crippen molar-refractivity contribution in [2.24, 2.45) is 0 Å². The highest BCUT2D eigenvalue weighted by molar-refractivity contribution is 7.24. The molecule has 1 aromatic heterocycles. The van der Waals surface area contributed by atoms with Gasteiger partial charge in [-0.05, 0) is 130 Å². The van der Waals surface area contributed by atoms with Crippen LogP contribution >= 0.6 is 0 Å². The fraction of sp³-hybridized carbons (Fsp3) is 0.121. The van der Waals surface area contributed by atoms with E-state index in [9.17, 15) is 0 Å². The summed E-state index contributed by atoms with van der Waals surface area (Å²) in [5.74, 6) is 0. The van der Waals surface area contributed by atoms with Gasteiger partial charge in [0.1, 0.15) is 0 Å². The van der Waals surface area contributed by atoms with E-state index in [1.807, 2.05) is 0 Å². The highest BCUT2D eigenvalue weighted by Gasteiger charge is 2.57. The number of nitrogens with zero attached hydrogens (tertiary/aromatic N) is 3. The second kappa shape index (κ2) is 14.1. The molecule has 11 aromatic rings. The summed E-state index contributed by atoms with van der Waals surface area (Å²) in [5, 5.41) is 11.1. The molecule has 0 saturated heterocycles. The zero-order chi connectivity index (χ0) is 47.7. The first kappa shape index (κ1) is 41.0. The molecule has 0 amide bonds. The number of aromatic nitrogens is 1. The number of rotatable bonds is 3. The number of benzene rings is 10. The van der Waals surface area contributed by atoms with Gasteiger partial charge in [0.15, 0.2) is 8.07 Å². The lowest BCUT2D eigenvalue weighted by Gasteiger charge is -2.49. The minimum Gasteiger partial charge on any atom is -0.375 e. The topological polar surface area (TPSA) is 11.4 Å². The number of hydrogen-bond acceptors (Lipinski definition) is 2. The van der Waals surface area contributed by atoms with Crippen LogP contribution in [0, 0.1) is 0 Å². The Morgan fingerprint density at radius 1 is 0.437 bits per heavy atom. The summed E-state index contributed by atoms with van der Waals surface area (Å²) < 4.78 is 2.74. The smallest absolute Gasteiger partial charge is 0.333 e. The molecule has 0 saturated carbocycles. The standard InChI is InChI=1S/C66H52BN3Si/c1-65(2,3)42-30-34-44(35-31-42)68(45-36-32-43(33-37-45)66(4,5)6)46-39-52-50-21-15-22-51-61-47-18-8-7-17-41(47)29-38-55(61)70(63(50)51)67-53-23-16-28-60-64(53)69(56(40-46)62(52)67)54-24-11-14-27-59(54)71(60)57-25-12-9-19-48(57)49-20-10-13-26-58(49)71/h7-40H,1-6H3. The normalized spacial score (nSPS) is 14.4. The zero-order valence-electron chi connectivity index (χ0n) is 41.0. The fourth-order valence-electron chi connectivity index (χ4n) is 13.5. The second-order valence-corrected chi connectivity index (χ2v) is 26.1. The summed E-state index contributed by atoms with van der Waals surface area (Å²) in [6.45, 7) is 13.7. The quantitative estimate of drug-likeness (QED) is 0.164. The van der Waals surface area contributed by atoms with Gasteiger partial charge < -0.3 is 14.3 Å². The Labute approximate surface area is 417 Å². The molecule has 1 spiro atoms. The second-order valence-electron chi connectivity index (χ2n) is 22.4. The van der Waals surface area contributed by atoms with Crippen LogP contribution in [0.5, 0.6) is 0 Å². The molecule has 4 aliphatic rings. The third-order valence-electron chi connectivity index (χ3n) is 16.7. The average Bonchev–Trinajstić information content (AvgIpc) is 3.89. The van der Waals surface area contributed by atoms with Crippen LogP contribution in [-0.2, 0) is 10.8 Å². The summed E-state index contributed by atoms with van der Waals surface area (Å²) in [4.78, 5) is 5.22. The summed E-state index contributed by atoms with van der Waals surface area (Å²) in [5.41, 5.74) is 20.6. The summed E-state index contributed by atoms with van der Waals surface area (Å²) >= 11 is 0. The van der Waals surface area contributed by atoms with Crippen molar-refractivity contribution in [3.05, 3.63) is 217 Å². The van der Waals surface area contributed by atoms with Crippen molar-refractivity contribution >= 4 is 113 Å². The molecule has 0 bridgehead atoms. The molecule has 0 N–H and O–H groups in total. The Morgan fingerprint density at radius 2 is 1.00 bits per heavy atom. The van der Waals surface area contributed by atoms with Crippen LogP contribution in [0.15, 0.2) is 206 Å². The average molecular weight is 926 g/mol. The molecular formula is C66H52BN3Si. The first-order chi connectivity index (χ1) is 34.5. The number of hydrogen-bond donors (Lipinski definition) is 0. The predicted octanol–water partition coefficient (Wildman–Crippen LogP) is 13.1. The van der Waals surface area contributed by atoms with Gasteiger partial charge >= 0.3 is 6.85 Å². The third-order valence-corrected chi connectivity index (χ3v) is 21.6. The summed E-state index contributed by atoms with van der Waals surface area (Å²) in [6.07, 6.45) is 0. The van der Waals surface area contributed by atoms with Crippen LogP contribution in [0.2, 0.25) is 0 Å². The van der Waals surface area contributed by atoms with E-state index in [0.717, 1.165) is 17.1 Å². The van der Waals surface area contributed by atoms with Crippen molar-refractivity contribution in [3.8, 4) is 22.3 Å². The van der Waals surface area contributed by atoms with Gasteiger partial charge in [0.2, 0.25) is 0 Å². The lowest BCUT2D eigenvalue weighted by atomic mass is 9.45. The van der Waals surface area contributed by atoms with Crippen LogP contribution in [0.3, 0.4) is 0 Å². The number of fused-ring (bicyclic) bond motifs is 18. The highest BCUT2D eigenvalue weighted by atomic mass is 28.3. The van der Waals surface area contributed by atoms with E-state index in [2.05, 4.69) is 262 Å². The van der Waals surface area contributed by atoms with Crippen molar-refractivity contribution in [3.63, 3.8) is 0 Å². The van der Waals surface area contributed by atoms with Gasteiger partial charge in [-0.2, -0.15) is 0 Å². The van der Waals surface area contributed by atoms with E-state index in [-0.39, 0.29) is 17.7 Å². The minimum absolute atomic E-state index is 0.0267. The largest absolute Gasteiger partial charge is 0.375 e. The number of para-hydroxylation sites is 3. The predicted molar refractivity (Wildman–Crippen MR) is 306 cm³/mol. The van der Waals surface area contributed by atoms with E-state index in [0.29, 0.717) is 0 Å². The number of anilines is 6. The minimum atomic E-state index is -2.87. The molecule has 4 aliphatic heterocycles. The van der Waals surface area contributed by atoms with Gasteiger partial charge in [-0.15, -0.1) is 0 Å². The van der Waals surface area contributed by atoms with Crippen LogP contribution in [0.25, 0.3) is 54.8 Å². The fourth-order valence-corrected chi connectivity index (χ4v) is 19.1. The van der Waals surface area contributed by atoms with E-state index < -0.39 is 8.07 Å². The van der Waals surface area contributed by atoms with Crippen LogP contribution in [0.1, 0.15) is 52.7 Å². The van der Waals surface area contributed by atoms with Crippen LogP contribution < -0.4 is 41.5 Å². The lowest BCUT2D eigenvalue weighted by molar-refractivity contribution is 0.590. The molecule has 5 heterocycles. The maximum Gasteiger partial charge on any atom is 0.333 e. The van der Waals surface area contributed by atoms with Crippen LogP contribution in [-0.4, -0.2) is 19.4 Å². The van der Waals surface area contributed by atoms with E-state index in [1.165, 1.54) is 115 Å². The highest BCUT2D eigenvalue weighted by Crippen LogP contribution is 2.51. The molecule has 71 heavy (non-hydrogen) atoms. The van der Waals surface area contributed by atoms with Crippen molar-refractivity contribution in [1.29, 1.82) is 0 Å². The first-order valence-corrected chi connectivity index (χ1v) is 27.4. The molecule has 338 valence electrons. The zero-order valence-corrected chi connectivity index (χ0v) is 42.0. The molecule has 10 aromatic carbocycles. The van der Waals surface area contributed by atoms with Gasteiger partial charge in [-0.3, -0.25) is 0 Å². The van der Waals surface area contributed by atoms with Gasteiger partial charge in [0, 0.05) is 61.5 Å². The maximum atomic E-state index is 2.74. The van der Waals surface area contributed by atoms with Crippen molar-refractivity contribution in [2.45, 2.75) is 52.4 Å². The molecule has 0 atom stereocenters. The Hall–Kier alpha value is -7.86. The molecule has 0 radical (unpaired) electrons. The first-order valence-electron chi connectivity index (χ1n) is 25.4. The Bertz CT molecular complexity index is 3990. The third kappa shape index (κ3) is 5.34. The van der Waals surface area contributed by atoms with E-state index in [4.69, 9.17) is 0 Å².